The maximum Gasteiger partial charge on any atom is 0.204 e. The Hall–Kier alpha value is -1.77. The lowest BCUT2D eigenvalue weighted by Crippen LogP contribution is -2.45. The largest absolute Gasteiger partial charge is 0.351 e. The molecule has 0 amide bonds. The first-order chi connectivity index (χ1) is 13.1. The minimum Gasteiger partial charge on any atom is -0.351 e. The van der Waals surface area contributed by atoms with Gasteiger partial charge in [-0.25, -0.2) is 4.98 Å². The van der Waals surface area contributed by atoms with Crippen LogP contribution in [0.25, 0.3) is 0 Å². The van der Waals surface area contributed by atoms with Gasteiger partial charge in [0.05, 0.1) is 18.4 Å². The maximum atomic E-state index is 4.50. The average molecular weight is 496 g/mol. The van der Waals surface area contributed by atoms with Crippen molar-refractivity contribution in [2.24, 2.45) is 18.0 Å². The monoisotopic (exact) mass is 496 g/mol. The summed E-state index contributed by atoms with van der Waals surface area (Å²) in [6.07, 6.45) is 5.54. The van der Waals surface area contributed by atoms with E-state index in [4.69, 9.17) is 0 Å². The molecule has 0 bridgehead atoms. The molecule has 28 heavy (non-hydrogen) atoms. The van der Waals surface area contributed by atoms with Crippen LogP contribution in [0, 0.1) is 5.92 Å². The van der Waals surface area contributed by atoms with Crippen LogP contribution in [-0.4, -0.2) is 54.6 Å². The van der Waals surface area contributed by atoms with Crippen molar-refractivity contribution in [3.05, 3.63) is 47.8 Å². The van der Waals surface area contributed by atoms with Crippen molar-refractivity contribution in [1.29, 1.82) is 0 Å². The number of likely N-dealkylation sites (tertiary alicyclic amines) is 1. The first kappa shape index (κ1) is 22.5. The second-order valence-corrected chi connectivity index (χ2v) is 7.52. The first-order valence-electron chi connectivity index (χ1n) is 9.76. The molecule has 1 aliphatic heterocycles. The third kappa shape index (κ3) is 5.62. The van der Waals surface area contributed by atoms with E-state index in [9.17, 15) is 0 Å². The average Bonchev–Trinajstić information content (AvgIpc) is 3.05. The van der Waals surface area contributed by atoms with Gasteiger partial charge in [0.1, 0.15) is 0 Å². The number of nitrogens with one attached hydrogen (secondary N) is 1. The van der Waals surface area contributed by atoms with Gasteiger partial charge in [0, 0.05) is 41.3 Å². The molecular formula is C21H33IN6. The van der Waals surface area contributed by atoms with E-state index < -0.39 is 0 Å². The van der Waals surface area contributed by atoms with Crippen molar-refractivity contribution in [2.45, 2.75) is 25.8 Å². The summed E-state index contributed by atoms with van der Waals surface area (Å²) in [5, 5.41) is 3.51. The summed E-state index contributed by atoms with van der Waals surface area (Å²) < 4.78 is 2.12. The van der Waals surface area contributed by atoms with E-state index in [1.54, 1.807) is 0 Å². The molecule has 0 spiro atoms. The van der Waals surface area contributed by atoms with Gasteiger partial charge in [0.25, 0.3) is 0 Å². The van der Waals surface area contributed by atoms with Crippen molar-refractivity contribution in [1.82, 2.24) is 19.8 Å². The van der Waals surface area contributed by atoms with E-state index in [1.807, 2.05) is 32.2 Å². The van der Waals surface area contributed by atoms with E-state index in [0.717, 1.165) is 43.2 Å². The minimum absolute atomic E-state index is 0. The SMILES string of the molecule is CN=C(NCc1cnc(N(C)C)n1C)N1CCC(Cc2ccccc2)CC1.I. The molecule has 1 aromatic heterocycles. The van der Waals surface area contributed by atoms with Crippen molar-refractivity contribution >= 4 is 35.9 Å². The summed E-state index contributed by atoms with van der Waals surface area (Å²) in [6.45, 7) is 2.85. The van der Waals surface area contributed by atoms with Crippen molar-refractivity contribution < 1.29 is 0 Å². The van der Waals surface area contributed by atoms with Gasteiger partial charge >= 0.3 is 0 Å². The number of anilines is 1. The lowest BCUT2D eigenvalue weighted by atomic mass is 9.90. The van der Waals surface area contributed by atoms with Crippen LogP contribution in [0.4, 0.5) is 5.95 Å². The summed E-state index contributed by atoms with van der Waals surface area (Å²) in [4.78, 5) is 13.4. The molecule has 1 saturated heterocycles. The normalized spacial score (nSPS) is 15.3. The van der Waals surface area contributed by atoms with Gasteiger partial charge in [0.2, 0.25) is 5.95 Å². The van der Waals surface area contributed by atoms with Gasteiger partial charge in [-0.1, -0.05) is 30.3 Å². The molecule has 6 nitrogen and oxygen atoms in total. The summed E-state index contributed by atoms with van der Waals surface area (Å²) >= 11 is 0. The predicted octanol–water partition coefficient (Wildman–Crippen LogP) is 3.13. The number of halogens is 1. The van der Waals surface area contributed by atoms with E-state index in [0.29, 0.717) is 0 Å². The second kappa shape index (κ2) is 10.7. The number of imidazole rings is 1. The van der Waals surface area contributed by atoms with Crippen LogP contribution >= 0.6 is 24.0 Å². The Labute approximate surface area is 186 Å². The highest BCUT2D eigenvalue weighted by Crippen LogP contribution is 2.21. The van der Waals surface area contributed by atoms with Crippen molar-refractivity contribution in [2.75, 3.05) is 39.1 Å². The maximum absolute atomic E-state index is 4.50. The molecule has 1 aromatic carbocycles. The molecule has 154 valence electrons. The highest BCUT2D eigenvalue weighted by atomic mass is 127. The topological polar surface area (TPSA) is 48.7 Å². The number of guanidine groups is 1. The Balaban J connectivity index is 0.00000280. The first-order valence-corrected chi connectivity index (χ1v) is 9.76. The summed E-state index contributed by atoms with van der Waals surface area (Å²) in [5.41, 5.74) is 2.60. The predicted molar refractivity (Wildman–Crippen MR) is 128 cm³/mol. The number of hydrogen-bond acceptors (Lipinski definition) is 3. The molecule has 0 unspecified atom stereocenters. The number of rotatable bonds is 5. The molecule has 0 aliphatic carbocycles. The Morgan fingerprint density at radius 1 is 1.21 bits per heavy atom. The zero-order valence-electron chi connectivity index (χ0n) is 17.4. The molecule has 7 heteroatoms. The summed E-state index contributed by atoms with van der Waals surface area (Å²) in [7, 11) is 7.94. The van der Waals surface area contributed by atoms with Crippen LogP contribution in [-0.2, 0) is 20.0 Å². The lowest BCUT2D eigenvalue weighted by molar-refractivity contribution is 0.259. The highest BCUT2D eigenvalue weighted by Gasteiger charge is 2.22. The zero-order valence-corrected chi connectivity index (χ0v) is 19.8. The molecule has 3 rings (SSSR count). The third-order valence-corrected chi connectivity index (χ3v) is 5.38. The number of nitrogens with zero attached hydrogens (tertiary/aromatic N) is 5. The number of aromatic nitrogens is 2. The minimum atomic E-state index is 0. The van der Waals surface area contributed by atoms with E-state index in [2.05, 4.69) is 62.1 Å². The molecule has 2 aromatic rings. The Morgan fingerprint density at radius 2 is 1.89 bits per heavy atom. The highest BCUT2D eigenvalue weighted by molar-refractivity contribution is 14.0. The van der Waals surface area contributed by atoms with Crippen LogP contribution < -0.4 is 10.2 Å². The molecule has 0 radical (unpaired) electrons. The molecule has 1 N–H and O–H groups in total. The van der Waals surface area contributed by atoms with Crippen LogP contribution in [0.15, 0.2) is 41.5 Å². The van der Waals surface area contributed by atoms with Gasteiger partial charge in [-0.2, -0.15) is 0 Å². The number of benzene rings is 1. The van der Waals surface area contributed by atoms with Gasteiger partial charge in [-0.3, -0.25) is 4.99 Å². The molecular weight excluding hydrogens is 463 g/mol. The molecule has 2 heterocycles. The van der Waals surface area contributed by atoms with Crippen molar-refractivity contribution in [3.63, 3.8) is 0 Å². The summed E-state index contributed by atoms with van der Waals surface area (Å²) in [6, 6.07) is 10.8. The van der Waals surface area contributed by atoms with Crippen LogP contribution in [0.5, 0.6) is 0 Å². The van der Waals surface area contributed by atoms with Crippen LogP contribution in [0.2, 0.25) is 0 Å². The van der Waals surface area contributed by atoms with E-state index in [1.165, 1.54) is 24.8 Å². The molecule has 0 saturated carbocycles. The van der Waals surface area contributed by atoms with E-state index in [-0.39, 0.29) is 24.0 Å². The number of piperidine rings is 1. The Bertz CT molecular complexity index is 748. The number of hydrogen-bond donors (Lipinski definition) is 1. The summed E-state index contributed by atoms with van der Waals surface area (Å²) in [5.74, 6) is 2.71. The standard InChI is InChI=1S/C21H32N6.HI/c1-22-20(23-15-19-16-24-21(25(2)3)26(19)4)27-12-10-18(11-13-27)14-17-8-6-5-7-9-17;/h5-9,16,18H,10-15H2,1-4H3,(H,22,23);1H. The Morgan fingerprint density at radius 3 is 2.46 bits per heavy atom. The van der Waals surface area contributed by atoms with Gasteiger partial charge in [0.15, 0.2) is 5.96 Å². The van der Waals surface area contributed by atoms with Gasteiger partial charge in [-0.15, -0.1) is 24.0 Å². The third-order valence-electron chi connectivity index (χ3n) is 5.38. The zero-order chi connectivity index (χ0) is 19.2. The van der Waals surface area contributed by atoms with Crippen LogP contribution in [0.3, 0.4) is 0 Å². The fourth-order valence-corrected chi connectivity index (χ4v) is 3.81. The smallest absolute Gasteiger partial charge is 0.204 e. The van der Waals surface area contributed by atoms with Crippen LogP contribution in [0.1, 0.15) is 24.1 Å². The van der Waals surface area contributed by atoms with Gasteiger partial charge in [-0.05, 0) is 30.7 Å². The fraction of sp³-hybridized carbons (Fsp3) is 0.524. The molecule has 1 fully saturated rings. The second-order valence-electron chi connectivity index (χ2n) is 7.52. The quantitative estimate of drug-likeness (QED) is 0.393. The Kier molecular flexibility index (Phi) is 8.59. The molecule has 0 atom stereocenters. The van der Waals surface area contributed by atoms with Gasteiger partial charge < -0.3 is 19.7 Å². The van der Waals surface area contributed by atoms with E-state index >= 15 is 0 Å². The number of aliphatic imine (C=N–C) groups is 1. The fourth-order valence-electron chi connectivity index (χ4n) is 3.81. The lowest BCUT2D eigenvalue weighted by Gasteiger charge is -2.34. The molecule has 1 aliphatic rings. The van der Waals surface area contributed by atoms with Crippen molar-refractivity contribution in [3.8, 4) is 0 Å².